The Morgan fingerprint density at radius 1 is 1.41 bits per heavy atom. The van der Waals surface area contributed by atoms with Gasteiger partial charge in [0.2, 0.25) is 12.2 Å². The number of halogens is 1. The van der Waals surface area contributed by atoms with Crippen molar-refractivity contribution in [1.82, 2.24) is 9.47 Å². The van der Waals surface area contributed by atoms with Crippen LogP contribution in [0.5, 0.6) is 0 Å². The molecule has 17 heavy (non-hydrogen) atoms. The number of nitrogens with zero attached hydrogens (tertiary/aromatic N) is 3. The van der Waals surface area contributed by atoms with E-state index in [4.69, 9.17) is 0 Å². The van der Waals surface area contributed by atoms with E-state index in [9.17, 15) is 4.79 Å². The van der Waals surface area contributed by atoms with Crippen molar-refractivity contribution in [3.8, 4) is 0 Å². The summed E-state index contributed by atoms with van der Waals surface area (Å²) in [5.74, 6) is 0.0926. The summed E-state index contributed by atoms with van der Waals surface area (Å²) < 4.78 is 4.28. The molecule has 0 saturated carbocycles. The summed E-state index contributed by atoms with van der Waals surface area (Å²) in [4.78, 5) is 11.6. The van der Waals surface area contributed by atoms with Crippen molar-refractivity contribution >= 4 is 5.91 Å². The first-order valence-corrected chi connectivity index (χ1v) is 5.66. The van der Waals surface area contributed by atoms with Crippen LogP contribution in [0.1, 0.15) is 26.7 Å². The average Bonchev–Trinajstić information content (AvgIpc) is 2.62. The lowest BCUT2D eigenvalue weighted by molar-refractivity contribution is -0.671. The number of aryl methyl sites for hydroxylation is 2. The largest absolute Gasteiger partial charge is 1.00 e. The molecular formula is C12H24ClN3O. The first-order valence-electron chi connectivity index (χ1n) is 5.66. The fourth-order valence-electron chi connectivity index (χ4n) is 0.975. The fourth-order valence-corrected chi connectivity index (χ4v) is 0.975. The van der Waals surface area contributed by atoms with Gasteiger partial charge in [-0.1, -0.05) is 13.3 Å². The number of amides is 1. The zero-order valence-corrected chi connectivity index (χ0v) is 12.2. The van der Waals surface area contributed by atoms with Crippen LogP contribution >= 0.6 is 0 Å². The normalized spacial score (nSPS) is 8.76. The van der Waals surface area contributed by atoms with Crippen molar-refractivity contribution in [2.24, 2.45) is 7.05 Å². The molecule has 0 unspecified atom stereocenters. The SMILES string of the molecule is CC(=O)N(C)C.CCCCn1cc[n+](C)c1.[Cl-]. The van der Waals surface area contributed by atoms with E-state index < -0.39 is 0 Å². The second-order valence-electron chi connectivity index (χ2n) is 4.08. The van der Waals surface area contributed by atoms with Gasteiger partial charge in [-0.25, -0.2) is 9.13 Å². The number of hydrogen-bond acceptors (Lipinski definition) is 1. The highest BCUT2D eigenvalue weighted by atomic mass is 35.5. The number of carbonyl (C=O) groups excluding carboxylic acids is 1. The van der Waals surface area contributed by atoms with Gasteiger partial charge in [0.25, 0.3) is 0 Å². The predicted molar refractivity (Wildman–Crippen MR) is 64.9 cm³/mol. The Morgan fingerprint density at radius 2 is 1.94 bits per heavy atom. The molecule has 4 nitrogen and oxygen atoms in total. The molecule has 0 bridgehead atoms. The first kappa shape index (κ1) is 18.3. The van der Waals surface area contributed by atoms with Crippen LogP contribution in [0.2, 0.25) is 0 Å². The third-order valence-electron chi connectivity index (χ3n) is 2.22. The molecule has 0 fully saturated rings. The van der Waals surface area contributed by atoms with Crippen LogP contribution in [-0.2, 0) is 18.4 Å². The van der Waals surface area contributed by atoms with Crippen LogP contribution in [0.15, 0.2) is 18.7 Å². The van der Waals surface area contributed by atoms with E-state index in [0.29, 0.717) is 0 Å². The van der Waals surface area contributed by atoms with E-state index in [1.165, 1.54) is 24.7 Å². The highest BCUT2D eigenvalue weighted by Gasteiger charge is 1.96. The number of rotatable bonds is 3. The van der Waals surface area contributed by atoms with E-state index in [0.717, 1.165) is 6.54 Å². The van der Waals surface area contributed by atoms with E-state index in [2.05, 4.69) is 34.8 Å². The Kier molecular flexibility index (Phi) is 10.9. The quantitative estimate of drug-likeness (QED) is 0.591. The second kappa shape index (κ2) is 10.1. The molecule has 0 aliphatic heterocycles. The molecule has 1 rings (SSSR count). The van der Waals surface area contributed by atoms with Gasteiger partial charge in [0.1, 0.15) is 12.4 Å². The summed E-state index contributed by atoms with van der Waals surface area (Å²) in [5, 5.41) is 0. The maximum atomic E-state index is 10.1. The molecule has 0 spiro atoms. The Hall–Kier alpha value is -1.03. The number of imidazole rings is 1. The first-order chi connectivity index (χ1) is 7.47. The maximum absolute atomic E-state index is 10.1. The molecule has 1 heterocycles. The van der Waals surface area contributed by atoms with Gasteiger partial charge in [0.15, 0.2) is 0 Å². The second-order valence-corrected chi connectivity index (χ2v) is 4.08. The van der Waals surface area contributed by atoms with Crippen LogP contribution < -0.4 is 17.0 Å². The molecule has 100 valence electrons. The van der Waals surface area contributed by atoms with Crippen molar-refractivity contribution < 1.29 is 21.8 Å². The molecule has 5 heteroatoms. The lowest BCUT2D eigenvalue weighted by atomic mass is 10.3. The van der Waals surface area contributed by atoms with Crippen LogP contribution in [0, 0.1) is 0 Å². The van der Waals surface area contributed by atoms with Crippen molar-refractivity contribution in [3.63, 3.8) is 0 Å². The van der Waals surface area contributed by atoms with Crippen LogP contribution in [0.25, 0.3) is 0 Å². The standard InChI is InChI=1S/C8H15N2.C4H9NO.ClH/c1-3-4-5-10-7-6-9(2)8-10;1-4(6)5(2)3;/h6-8H,3-5H2,1-2H3;1-3H3;1H/q+1;;/p-1. The monoisotopic (exact) mass is 261 g/mol. The summed E-state index contributed by atoms with van der Waals surface area (Å²) in [6.45, 7) is 4.89. The van der Waals surface area contributed by atoms with E-state index in [-0.39, 0.29) is 18.3 Å². The molecule has 0 radical (unpaired) electrons. The zero-order valence-electron chi connectivity index (χ0n) is 11.5. The number of hydrogen-bond donors (Lipinski definition) is 0. The Balaban J connectivity index is 0. The molecular weight excluding hydrogens is 238 g/mol. The third kappa shape index (κ3) is 9.87. The minimum Gasteiger partial charge on any atom is -1.00 e. The van der Waals surface area contributed by atoms with Gasteiger partial charge in [-0.3, -0.25) is 4.79 Å². The summed E-state index contributed by atoms with van der Waals surface area (Å²) in [6, 6.07) is 0. The summed E-state index contributed by atoms with van der Waals surface area (Å²) in [6.07, 6.45) is 8.82. The molecule has 0 N–H and O–H groups in total. The number of aromatic nitrogens is 2. The molecule has 0 aliphatic rings. The summed E-state index contributed by atoms with van der Waals surface area (Å²) in [5.41, 5.74) is 0. The Bertz CT molecular complexity index is 310. The van der Waals surface area contributed by atoms with Crippen LogP contribution in [-0.4, -0.2) is 29.5 Å². The van der Waals surface area contributed by atoms with E-state index >= 15 is 0 Å². The van der Waals surface area contributed by atoms with Gasteiger partial charge < -0.3 is 17.3 Å². The molecule has 1 amide bonds. The van der Waals surface area contributed by atoms with E-state index in [1.807, 2.05) is 7.05 Å². The van der Waals surface area contributed by atoms with Gasteiger partial charge in [0.05, 0.1) is 13.6 Å². The molecule has 1 aromatic heterocycles. The Labute approximate surface area is 111 Å². The summed E-state index contributed by atoms with van der Waals surface area (Å²) in [7, 11) is 5.49. The summed E-state index contributed by atoms with van der Waals surface area (Å²) >= 11 is 0. The predicted octanol–water partition coefficient (Wildman–Crippen LogP) is -1.79. The maximum Gasteiger partial charge on any atom is 0.243 e. The average molecular weight is 262 g/mol. The lowest BCUT2D eigenvalue weighted by Crippen LogP contribution is -3.00. The van der Waals surface area contributed by atoms with E-state index in [1.54, 1.807) is 14.1 Å². The van der Waals surface area contributed by atoms with Crippen LogP contribution in [0.4, 0.5) is 0 Å². The zero-order chi connectivity index (χ0) is 12.6. The van der Waals surface area contributed by atoms with Gasteiger partial charge in [-0.05, 0) is 6.42 Å². The highest BCUT2D eigenvalue weighted by molar-refractivity contribution is 5.72. The molecule has 0 saturated heterocycles. The molecule has 0 aliphatic carbocycles. The topological polar surface area (TPSA) is 29.1 Å². The molecule has 0 aromatic carbocycles. The molecule has 0 atom stereocenters. The van der Waals surface area contributed by atoms with Gasteiger partial charge >= 0.3 is 0 Å². The van der Waals surface area contributed by atoms with Crippen molar-refractivity contribution in [2.75, 3.05) is 14.1 Å². The van der Waals surface area contributed by atoms with Crippen molar-refractivity contribution in [1.29, 1.82) is 0 Å². The minimum atomic E-state index is 0. The highest BCUT2D eigenvalue weighted by Crippen LogP contribution is 1.91. The van der Waals surface area contributed by atoms with Crippen LogP contribution in [0.3, 0.4) is 0 Å². The van der Waals surface area contributed by atoms with Gasteiger partial charge in [0, 0.05) is 21.0 Å². The fraction of sp³-hybridized carbons (Fsp3) is 0.667. The van der Waals surface area contributed by atoms with Gasteiger partial charge in [-0.15, -0.1) is 0 Å². The third-order valence-corrected chi connectivity index (χ3v) is 2.22. The van der Waals surface area contributed by atoms with Gasteiger partial charge in [-0.2, -0.15) is 0 Å². The number of unbranched alkanes of at least 4 members (excludes halogenated alkanes) is 1. The molecule has 1 aromatic rings. The smallest absolute Gasteiger partial charge is 0.243 e. The number of carbonyl (C=O) groups is 1. The van der Waals surface area contributed by atoms with Crippen molar-refractivity contribution in [3.05, 3.63) is 18.7 Å². The Morgan fingerprint density at radius 3 is 2.24 bits per heavy atom. The minimum absolute atomic E-state index is 0. The lowest BCUT2D eigenvalue weighted by Gasteiger charge is -2.02. The van der Waals surface area contributed by atoms with Crippen molar-refractivity contribution in [2.45, 2.75) is 33.2 Å².